The van der Waals surface area contributed by atoms with Gasteiger partial charge in [-0.15, -0.1) is 0 Å². The Balaban J connectivity index is 2.10. The van der Waals surface area contributed by atoms with E-state index < -0.39 is 5.82 Å². The molecule has 0 aliphatic rings. The maximum Gasteiger partial charge on any atom is 0.124 e. The first-order chi connectivity index (χ1) is 9.65. The van der Waals surface area contributed by atoms with E-state index in [0.29, 0.717) is 16.9 Å². The molecule has 100 valence electrons. The molecule has 4 nitrogen and oxygen atoms in total. The minimum absolute atomic E-state index is 0.275. The lowest BCUT2D eigenvalue weighted by atomic mass is 10.1. The van der Waals surface area contributed by atoms with Crippen molar-refractivity contribution in [3.05, 3.63) is 59.8 Å². The minimum atomic E-state index is -0.397. The molecule has 0 aliphatic heterocycles. The molecule has 0 amide bonds. The summed E-state index contributed by atoms with van der Waals surface area (Å²) in [6.45, 7) is 0. The van der Waals surface area contributed by atoms with Gasteiger partial charge in [0.1, 0.15) is 11.5 Å². The fourth-order valence-electron chi connectivity index (χ4n) is 1.91. The SMILES string of the molecule is Nc1cn(-c2ccncc2)nc1-c1ccc(F)cc1Cl. The number of hydrogen-bond donors (Lipinski definition) is 1. The van der Waals surface area contributed by atoms with Gasteiger partial charge in [0.05, 0.1) is 22.6 Å². The summed E-state index contributed by atoms with van der Waals surface area (Å²) in [4.78, 5) is 3.95. The molecule has 0 bridgehead atoms. The summed E-state index contributed by atoms with van der Waals surface area (Å²) in [5.41, 5.74) is 8.38. The molecule has 1 aromatic carbocycles. The van der Waals surface area contributed by atoms with Crippen LogP contribution >= 0.6 is 11.6 Å². The average Bonchev–Trinajstić information content (AvgIpc) is 2.82. The van der Waals surface area contributed by atoms with Crippen molar-refractivity contribution < 1.29 is 4.39 Å². The van der Waals surface area contributed by atoms with E-state index in [1.165, 1.54) is 12.1 Å². The Labute approximate surface area is 119 Å². The zero-order chi connectivity index (χ0) is 14.1. The number of nitrogens with two attached hydrogens (primary N) is 1. The van der Waals surface area contributed by atoms with E-state index in [1.54, 1.807) is 29.3 Å². The van der Waals surface area contributed by atoms with Crippen molar-refractivity contribution in [3.63, 3.8) is 0 Å². The van der Waals surface area contributed by atoms with Crippen LogP contribution in [0.1, 0.15) is 0 Å². The third-order valence-electron chi connectivity index (χ3n) is 2.86. The van der Waals surface area contributed by atoms with Crippen molar-refractivity contribution in [2.75, 3.05) is 5.73 Å². The molecule has 0 fully saturated rings. The first-order valence-electron chi connectivity index (χ1n) is 5.86. The highest BCUT2D eigenvalue weighted by Crippen LogP contribution is 2.31. The van der Waals surface area contributed by atoms with Crippen molar-refractivity contribution >= 4 is 17.3 Å². The van der Waals surface area contributed by atoms with Gasteiger partial charge in [0, 0.05) is 18.0 Å². The third-order valence-corrected chi connectivity index (χ3v) is 3.17. The molecular formula is C14H10ClFN4. The van der Waals surface area contributed by atoms with E-state index in [1.807, 2.05) is 12.1 Å². The Morgan fingerprint density at radius 2 is 1.90 bits per heavy atom. The van der Waals surface area contributed by atoms with Crippen LogP contribution in [0.4, 0.5) is 10.1 Å². The summed E-state index contributed by atoms with van der Waals surface area (Å²) in [5, 5.41) is 4.67. The second-order valence-corrected chi connectivity index (χ2v) is 4.61. The molecule has 0 saturated carbocycles. The summed E-state index contributed by atoms with van der Waals surface area (Å²) < 4.78 is 14.7. The second kappa shape index (κ2) is 4.94. The highest BCUT2D eigenvalue weighted by atomic mass is 35.5. The molecule has 3 aromatic rings. The number of nitrogens with zero attached hydrogens (tertiary/aromatic N) is 3. The van der Waals surface area contributed by atoms with Crippen LogP contribution in [-0.4, -0.2) is 14.8 Å². The first-order valence-corrected chi connectivity index (χ1v) is 6.24. The average molecular weight is 289 g/mol. The van der Waals surface area contributed by atoms with Crippen LogP contribution in [0, 0.1) is 5.82 Å². The Hall–Kier alpha value is -2.40. The molecule has 3 rings (SSSR count). The van der Waals surface area contributed by atoms with Gasteiger partial charge in [0.2, 0.25) is 0 Å². The maximum atomic E-state index is 13.1. The van der Waals surface area contributed by atoms with Gasteiger partial charge in [-0.3, -0.25) is 4.98 Å². The molecule has 2 aromatic heterocycles. The number of pyridine rings is 1. The van der Waals surface area contributed by atoms with Crippen molar-refractivity contribution in [1.82, 2.24) is 14.8 Å². The largest absolute Gasteiger partial charge is 0.396 e. The van der Waals surface area contributed by atoms with Crippen LogP contribution in [0.25, 0.3) is 16.9 Å². The number of benzene rings is 1. The zero-order valence-electron chi connectivity index (χ0n) is 10.3. The lowest BCUT2D eigenvalue weighted by molar-refractivity contribution is 0.628. The highest BCUT2D eigenvalue weighted by Gasteiger charge is 2.13. The molecule has 0 aliphatic carbocycles. The summed E-state index contributed by atoms with van der Waals surface area (Å²) in [6.07, 6.45) is 5.01. The van der Waals surface area contributed by atoms with Crippen LogP contribution in [0.15, 0.2) is 48.9 Å². The van der Waals surface area contributed by atoms with E-state index in [-0.39, 0.29) is 5.02 Å². The molecule has 0 atom stereocenters. The second-order valence-electron chi connectivity index (χ2n) is 4.21. The molecule has 2 heterocycles. The number of anilines is 1. The van der Waals surface area contributed by atoms with Crippen LogP contribution in [-0.2, 0) is 0 Å². The summed E-state index contributed by atoms with van der Waals surface area (Å²) in [6, 6.07) is 7.74. The van der Waals surface area contributed by atoms with Crippen molar-refractivity contribution in [3.8, 4) is 16.9 Å². The number of rotatable bonds is 2. The molecule has 0 unspecified atom stereocenters. The molecule has 2 N–H and O–H groups in total. The Kier molecular flexibility index (Phi) is 3.12. The summed E-state index contributed by atoms with van der Waals surface area (Å²) in [5.74, 6) is -0.397. The van der Waals surface area contributed by atoms with E-state index in [9.17, 15) is 4.39 Å². The lowest BCUT2D eigenvalue weighted by Crippen LogP contribution is -1.94. The van der Waals surface area contributed by atoms with Crippen LogP contribution < -0.4 is 5.73 Å². The van der Waals surface area contributed by atoms with Gasteiger partial charge in [-0.1, -0.05) is 11.6 Å². The predicted octanol–water partition coefficient (Wildman–Crippen LogP) is 3.31. The van der Waals surface area contributed by atoms with E-state index in [0.717, 1.165) is 5.69 Å². The zero-order valence-corrected chi connectivity index (χ0v) is 11.0. The molecule has 0 saturated heterocycles. The van der Waals surface area contributed by atoms with Crippen molar-refractivity contribution in [2.45, 2.75) is 0 Å². The highest BCUT2D eigenvalue weighted by molar-refractivity contribution is 6.33. The first kappa shape index (κ1) is 12.6. The summed E-state index contributed by atoms with van der Waals surface area (Å²) >= 11 is 6.04. The summed E-state index contributed by atoms with van der Waals surface area (Å²) in [7, 11) is 0. The van der Waals surface area contributed by atoms with Gasteiger partial charge in [-0.2, -0.15) is 5.10 Å². The minimum Gasteiger partial charge on any atom is -0.396 e. The number of nitrogen functional groups attached to an aromatic ring is 1. The number of aromatic nitrogens is 3. The van der Waals surface area contributed by atoms with Gasteiger partial charge < -0.3 is 5.73 Å². The quantitative estimate of drug-likeness (QED) is 0.787. The molecule has 20 heavy (non-hydrogen) atoms. The Morgan fingerprint density at radius 1 is 1.15 bits per heavy atom. The number of hydrogen-bond acceptors (Lipinski definition) is 3. The van der Waals surface area contributed by atoms with Crippen molar-refractivity contribution in [1.29, 1.82) is 0 Å². The predicted molar refractivity (Wildman–Crippen MR) is 76.2 cm³/mol. The monoisotopic (exact) mass is 288 g/mol. The van der Waals surface area contributed by atoms with Crippen LogP contribution in [0.3, 0.4) is 0 Å². The van der Waals surface area contributed by atoms with Gasteiger partial charge in [-0.25, -0.2) is 9.07 Å². The van der Waals surface area contributed by atoms with E-state index in [4.69, 9.17) is 17.3 Å². The maximum absolute atomic E-state index is 13.1. The topological polar surface area (TPSA) is 56.7 Å². The van der Waals surface area contributed by atoms with Crippen LogP contribution in [0.2, 0.25) is 5.02 Å². The Bertz CT molecular complexity index is 755. The smallest absolute Gasteiger partial charge is 0.124 e. The van der Waals surface area contributed by atoms with Crippen LogP contribution in [0.5, 0.6) is 0 Å². The van der Waals surface area contributed by atoms with Gasteiger partial charge >= 0.3 is 0 Å². The fraction of sp³-hybridized carbons (Fsp3) is 0. The normalized spacial score (nSPS) is 10.7. The lowest BCUT2D eigenvalue weighted by Gasteiger charge is -2.02. The van der Waals surface area contributed by atoms with Gasteiger partial charge in [0.15, 0.2) is 0 Å². The van der Waals surface area contributed by atoms with E-state index in [2.05, 4.69) is 10.1 Å². The van der Waals surface area contributed by atoms with E-state index >= 15 is 0 Å². The Morgan fingerprint density at radius 3 is 2.60 bits per heavy atom. The molecule has 6 heteroatoms. The van der Waals surface area contributed by atoms with Gasteiger partial charge in [-0.05, 0) is 30.3 Å². The van der Waals surface area contributed by atoms with Crippen molar-refractivity contribution in [2.24, 2.45) is 0 Å². The molecule has 0 radical (unpaired) electrons. The molecule has 0 spiro atoms. The molecular weight excluding hydrogens is 279 g/mol. The van der Waals surface area contributed by atoms with Gasteiger partial charge in [0.25, 0.3) is 0 Å². The standard InChI is InChI=1S/C14H10ClFN4/c15-12-7-9(16)1-2-11(12)14-13(17)8-20(19-14)10-3-5-18-6-4-10/h1-8H,17H2. The fourth-order valence-corrected chi connectivity index (χ4v) is 2.16. The third kappa shape index (κ3) is 2.23. The number of halogens is 2.